The highest BCUT2D eigenvalue weighted by molar-refractivity contribution is 5.85. The highest BCUT2D eigenvalue weighted by atomic mass is 35.5. The molecule has 0 aliphatic heterocycles. The third-order valence-electron chi connectivity index (χ3n) is 2.57. The van der Waals surface area contributed by atoms with Crippen molar-refractivity contribution >= 4 is 12.4 Å². The van der Waals surface area contributed by atoms with Crippen LogP contribution in [0.1, 0.15) is 36.9 Å². The summed E-state index contributed by atoms with van der Waals surface area (Å²) in [7, 11) is 1.65. The van der Waals surface area contributed by atoms with Gasteiger partial charge < -0.3 is 16.2 Å². The third kappa shape index (κ3) is 3.37. The van der Waals surface area contributed by atoms with Gasteiger partial charge in [0.2, 0.25) is 0 Å². The Morgan fingerprint density at radius 1 is 1.31 bits per heavy atom. The van der Waals surface area contributed by atoms with Gasteiger partial charge in [0.25, 0.3) is 0 Å². The number of hydrogen-bond donors (Lipinski definition) is 2. The van der Waals surface area contributed by atoms with E-state index < -0.39 is 0 Å². The van der Waals surface area contributed by atoms with E-state index in [0.29, 0.717) is 12.5 Å². The predicted molar refractivity (Wildman–Crippen MR) is 70.3 cm³/mol. The molecule has 0 bridgehead atoms. The van der Waals surface area contributed by atoms with Crippen LogP contribution in [0.3, 0.4) is 0 Å². The minimum atomic E-state index is -0.154. The molecular formula is C12H21ClN2O. The number of rotatable bonds is 4. The number of nitrogens with two attached hydrogens (primary N) is 2. The molecule has 3 nitrogen and oxygen atoms in total. The molecule has 4 heteroatoms. The monoisotopic (exact) mass is 244 g/mol. The molecule has 0 aliphatic carbocycles. The Bertz CT molecular complexity index is 329. The Morgan fingerprint density at radius 2 is 1.94 bits per heavy atom. The van der Waals surface area contributed by atoms with Gasteiger partial charge in [-0.2, -0.15) is 0 Å². The van der Waals surface area contributed by atoms with Gasteiger partial charge in [0, 0.05) is 18.2 Å². The maximum absolute atomic E-state index is 5.93. The second-order valence-corrected chi connectivity index (χ2v) is 4.00. The second-order valence-electron chi connectivity index (χ2n) is 4.00. The zero-order valence-corrected chi connectivity index (χ0v) is 10.9. The Balaban J connectivity index is 0.00000225. The second kappa shape index (κ2) is 6.74. The van der Waals surface area contributed by atoms with Crippen LogP contribution in [-0.2, 0) is 0 Å². The fourth-order valence-corrected chi connectivity index (χ4v) is 1.53. The Kier molecular flexibility index (Phi) is 6.41. The molecule has 0 aliphatic rings. The molecule has 1 aromatic rings. The summed E-state index contributed by atoms with van der Waals surface area (Å²) in [5.41, 5.74) is 13.8. The van der Waals surface area contributed by atoms with Crippen molar-refractivity contribution in [3.05, 3.63) is 29.3 Å². The minimum Gasteiger partial charge on any atom is -0.496 e. The highest BCUT2D eigenvalue weighted by Crippen LogP contribution is 2.27. The van der Waals surface area contributed by atoms with E-state index in [1.165, 1.54) is 5.56 Å². The molecule has 0 fully saturated rings. The molecule has 92 valence electrons. The maximum Gasteiger partial charge on any atom is 0.123 e. The van der Waals surface area contributed by atoms with Crippen molar-refractivity contribution in [1.82, 2.24) is 0 Å². The average molecular weight is 245 g/mol. The van der Waals surface area contributed by atoms with E-state index in [2.05, 4.69) is 26.0 Å². The lowest BCUT2D eigenvalue weighted by atomic mass is 9.97. The summed E-state index contributed by atoms with van der Waals surface area (Å²) in [6, 6.07) is 5.95. The molecule has 1 rings (SSSR count). The van der Waals surface area contributed by atoms with E-state index in [0.717, 1.165) is 11.3 Å². The number of benzene rings is 1. The van der Waals surface area contributed by atoms with Crippen LogP contribution in [0.15, 0.2) is 18.2 Å². The first-order valence-electron chi connectivity index (χ1n) is 5.23. The van der Waals surface area contributed by atoms with Crippen molar-refractivity contribution in [3.8, 4) is 5.75 Å². The van der Waals surface area contributed by atoms with E-state index in [-0.39, 0.29) is 18.4 Å². The summed E-state index contributed by atoms with van der Waals surface area (Å²) in [6.45, 7) is 4.73. The van der Waals surface area contributed by atoms with Crippen LogP contribution in [0.5, 0.6) is 5.75 Å². The summed E-state index contributed by atoms with van der Waals surface area (Å²) >= 11 is 0. The quantitative estimate of drug-likeness (QED) is 0.854. The van der Waals surface area contributed by atoms with Crippen LogP contribution in [0.2, 0.25) is 0 Å². The molecule has 1 atom stereocenters. The molecule has 1 aromatic carbocycles. The lowest BCUT2D eigenvalue weighted by molar-refractivity contribution is 0.405. The van der Waals surface area contributed by atoms with Crippen LogP contribution in [-0.4, -0.2) is 13.7 Å². The first-order valence-corrected chi connectivity index (χ1v) is 5.23. The Hall–Kier alpha value is -0.770. The van der Waals surface area contributed by atoms with Gasteiger partial charge in [0.05, 0.1) is 7.11 Å². The summed E-state index contributed by atoms with van der Waals surface area (Å²) in [4.78, 5) is 0. The van der Waals surface area contributed by atoms with Crippen LogP contribution < -0.4 is 16.2 Å². The molecule has 0 saturated carbocycles. The lowest BCUT2D eigenvalue weighted by Crippen LogP contribution is -2.21. The summed E-state index contributed by atoms with van der Waals surface area (Å²) in [6.07, 6.45) is 0. The van der Waals surface area contributed by atoms with Gasteiger partial charge in [-0.3, -0.25) is 0 Å². The average Bonchev–Trinajstić information content (AvgIpc) is 2.27. The van der Waals surface area contributed by atoms with Crippen molar-refractivity contribution in [2.75, 3.05) is 13.7 Å². The van der Waals surface area contributed by atoms with Gasteiger partial charge in [0.15, 0.2) is 0 Å². The number of halogens is 1. The first kappa shape index (κ1) is 15.2. The zero-order valence-electron chi connectivity index (χ0n) is 10.1. The predicted octanol–water partition coefficient (Wildman–Crippen LogP) is 2.20. The van der Waals surface area contributed by atoms with Crippen molar-refractivity contribution in [2.24, 2.45) is 11.5 Å². The van der Waals surface area contributed by atoms with Gasteiger partial charge in [-0.05, 0) is 17.5 Å². The van der Waals surface area contributed by atoms with E-state index in [4.69, 9.17) is 16.2 Å². The number of methoxy groups -OCH3 is 1. The number of hydrogen-bond acceptors (Lipinski definition) is 3. The number of ether oxygens (including phenoxy) is 1. The molecule has 0 spiro atoms. The van der Waals surface area contributed by atoms with Crippen LogP contribution >= 0.6 is 12.4 Å². The molecule has 0 unspecified atom stereocenters. The molecular weight excluding hydrogens is 224 g/mol. The van der Waals surface area contributed by atoms with E-state index in [1.807, 2.05) is 6.07 Å². The van der Waals surface area contributed by atoms with Crippen LogP contribution in [0.25, 0.3) is 0 Å². The molecule has 16 heavy (non-hydrogen) atoms. The van der Waals surface area contributed by atoms with Crippen molar-refractivity contribution < 1.29 is 4.74 Å². The van der Waals surface area contributed by atoms with E-state index >= 15 is 0 Å². The standard InChI is InChI=1S/C12H20N2O.ClH/c1-8(2)9-4-5-12(15-3)10(6-9)11(14)7-13;/h4-6,8,11H,7,13-14H2,1-3H3;1H/t11-;/m0./s1. The summed E-state index contributed by atoms with van der Waals surface area (Å²) < 4.78 is 5.27. The Labute approximate surface area is 104 Å². The minimum absolute atomic E-state index is 0. The third-order valence-corrected chi connectivity index (χ3v) is 2.57. The van der Waals surface area contributed by atoms with Gasteiger partial charge in [0.1, 0.15) is 5.75 Å². The highest BCUT2D eigenvalue weighted by Gasteiger charge is 2.12. The fraction of sp³-hybridized carbons (Fsp3) is 0.500. The normalized spacial score (nSPS) is 12.1. The Morgan fingerprint density at radius 3 is 2.38 bits per heavy atom. The zero-order chi connectivity index (χ0) is 11.4. The lowest BCUT2D eigenvalue weighted by Gasteiger charge is -2.16. The fourth-order valence-electron chi connectivity index (χ4n) is 1.53. The van der Waals surface area contributed by atoms with Crippen molar-refractivity contribution in [3.63, 3.8) is 0 Å². The van der Waals surface area contributed by atoms with Crippen LogP contribution in [0.4, 0.5) is 0 Å². The smallest absolute Gasteiger partial charge is 0.123 e. The SMILES string of the molecule is COc1ccc(C(C)C)cc1[C@@H](N)CN.Cl. The maximum atomic E-state index is 5.93. The molecule has 4 N–H and O–H groups in total. The van der Waals surface area contributed by atoms with E-state index in [9.17, 15) is 0 Å². The molecule has 0 aromatic heterocycles. The molecule has 0 heterocycles. The first-order chi connectivity index (χ1) is 7.10. The van der Waals surface area contributed by atoms with Gasteiger partial charge in [-0.25, -0.2) is 0 Å². The van der Waals surface area contributed by atoms with Gasteiger partial charge >= 0.3 is 0 Å². The molecule has 0 radical (unpaired) electrons. The summed E-state index contributed by atoms with van der Waals surface area (Å²) in [5, 5.41) is 0. The van der Waals surface area contributed by atoms with Crippen molar-refractivity contribution in [1.29, 1.82) is 0 Å². The summed E-state index contributed by atoms with van der Waals surface area (Å²) in [5.74, 6) is 1.30. The van der Waals surface area contributed by atoms with Crippen molar-refractivity contribution in [2.45, 2.75) is 25.8 Å². The molecule has 0 saturated heterocycles. The van der Waals surface area contributed by atoms with Crippen LogP contribution in [0, 0.1) is 0 Å². The van der Waals surface area contributed by atoms with Gasteiger partial charge in [-0.15, -0.1) is 12.4 Å². The van der Waals surface area contributed by atoms with Gasteiger partial charge in [-0.1, -0.05) is 26.0 Å². The molecule has 0 amide bonds. The topological polar surface area (TPSA) is 61.3 Å². The van der Waals surface area contributed by atoms with E-state index in [1.54, 1.807) is 7.11 Å². The largest absolute Gasteiger partial charge is 0.496 e.